The Morgan fingerprint density at radius 1 is 1.21 bits per heavy atom. The first-order chi connectivity index (χ1) is 13.8. The molecule has 1 aromatic rings. The summed E-state index contributed by atoms with van der Waals surface area (Å²) in [6.45, 7) is 0. The van der Waals surface area contributed by atoms with Gasteiger partial charge in [0.1, 0.15) is 11.9 Å². The topological polar surface area (TPSA) is 95.9 Å². The molecule has 2 N–H and O–H groups in total. The van der Waals surface area contributed by atoms with Gasteiger partial charge >= 0.3 is 12.1 Å². The lowest BCUT2D eigenvalue weighted by molar-refractivity contribution is -0.154. The number of halogens is 2. The van der Waals surface area contributed by atoms with E-state index in [1.54, 1.807) is 0 Å². The number of hydrogen-bond donors (Lipinski definition) is 2. The summed E-state index contributed by atoms with van der Waals surface area (Å²) in [5.74, 6) is -1.71. The van der Waals surface area contributed by atoms with Crippen molar-refractivity contribution in [3.63, 3.8) is 0 Å². The van der Waals surface area contributed by atoms with E-state index in [0.717, 1.165) is 25.3 Å². The quantitative estimate of drug-likeness (QED) is 0.701. The van der Waals surface area contributed by atoms with Crippen LogP contribution in [-0.2, 0) is 14.3 Å². The maximum Gasteiger partial charge on any atom is 0.412 e. The van der Waals surface area contributed by atoms with Gasteiger partial charge < -0.3 is 15.2 Å². The monoisotopic (exact) mass is 424 g/mol. The largest absolute Gasteiger partial charge is 0.465 e. The number of carbonyl (C=O) groups is 3. The van der Waals surface area contributed by atoms with Crippen molar-refractivity contribution in [3.05, 3.63) is 28.5 Å². The number of ether oxygens (including phenoxy) is 1. The molecule has 2 aliphatic carbocycles. The Morgan fingerprint density at radius 2 is 1.97 bits per heavy atom. The van der Waals surface area contributed by atoms with E-state index in [9.17, 15) is 23.9 Å². The zero-order valence-corrected chi connectivity index (χ0v) is 16.5. The summed E-state index contributed by atoms with van der Waals surface area (Å²) in [6.07, 6.45) is 2.03. The fourth-order valence-electron chi connectivity index (χ4n) is 4.38. The van der Waals surface area contributed by atoms with Crippen LogP contribution in [-0.4, -0.2) is 35.2 Å². The van der Waals surface area contributed by atoms with E-state index in [2.05, 4.69) is 5.32 Å². The standard InChI is InChI=1S/C20H22ClFN2O5/c21-13-9-16-12(8-14(13)22)19(11-2-1-3-15(11)24(16)20(27)28)29-18(26)7-6-17(25)23-10-4-5-10/h8-11,15,19H,1-7H2,(H,23,25)(H,27,28)/t11-,15+,19?/m0/s1. The molecule has 0 aromatic heterocycles. The molecule has 3 atom stereocenters. The van der Waals surface area contributed by atoms with E-state index in [0.29, 0.717) is 18.4 Å². The van der Waals surface area contributed by atoms with Crippen LogP contribution in [0.4, 0.5) is 14.9 Å². The second-order valence-corrected chi connectivity index (χ2v) is 8.30. The van der Waals surface area contributed by atoms with Crippen LogP contribution < -0.4 is 10.2 Å². The molecule has 29 heavy (non-hydrogen) atoms. The summed E-state index contributed by atoms with van der Waals surface area (Å²) in [5, 5.41) is 12.3. The van der Waals surface area contributed by atoms with Gasteiger partial charge in [-0.15, -0.1) is 0 Å². The number of anilines is 1. The van der Waals surface area contributed by atoms with Gasteiger partial charge in [-0.1, -0.05) is 18.0 Å². The Bertz CT molecular complexity index is 860. The van der Waals surface area contributed by atoms with E-state index in [1.807, 2.05) is 0 Å². The van der Waals surface area contributed by atoms with Crippen molar-refractivity contribution in [2.45, 2.75) is 63.1 Å². The third-order valence-corrected chi connectivity index (χ3v) is 6.14. The maximum atomic E-state index is 14.2. The number of benzene rings is 1. The molecular formula is C20H22ClFN2O5. The SMILES string of the molecule is O=C(CCC(=O)OC1c2cc(F)c(Cl)cc2N(C(=O)O)[C@@H]2CCC[C@H]12)NC1CC1. The van der Waals surface area contributed by atoms with Crippen molar-refractivity contribution in [2.24, 2.45) is 5.92 Å². The van der Waals surface area contributed by atoms with Crippen molar-refractivity contribution in [1.29, 1.82) is 0 Å². The third kappa shape index (κ3) is 4.03. The summed E-state index contributed by atoms with van der Waals surface area (Å²) >= 11 is 5.90. The average molecular weight is 425 g/mol. The molecule has 2 amide bonds. The molecule has 0 saturated heterocycles. The van der Waals surface area contributed by atoms with Crippen LogP contribution in [0.5, 0.6) is 0 Å². The third-order valence-electron chi connectivity index (χ3n) is 5.85. The number of nitrogens with zero attached hydrogens (tertiary/aromatic N) is 1. The molecule has 4 rings (SSSR count). The summed E-state index contributed by atoms with van der Waals surface area (Å²) < 4.78 is 19.9. The summed E-state index contributed by atoms with van der Waals surface area (Å²) in [6, 6.07) is 2.29. The normalized spacial score (nSPS) is 25.2. The zero-order valence-electron chi connectivity index (χ0n) is 15.7. The molecule has 0 spiro atoms. The van der Waals surface area contributed by atoms with Gasteiger partial charge in [-0.05, 0) is 37.8 Å². The van der Waals surface area contributed by atoms with E-state index < -0.39 is 24.0 Å². The molecule has 7 nitrogen and oxygen atoms in total. The Kier molecular flexibility index (Phi) is 5.38. The highest BCUT2D eigenvalue weighted by Gasteiger charge is 2.48. The fourth-order valence-corrected chi connectivity index (χ4v) is 4.54. The van der Waals surface area contributed by atoms with Gasteiger partial charge in [0.15, 0.2) is 0 Å². The average Bonchev–Trinajstić information content (AvgIpc) is 3.34. The summed E-state index contributed by atoms with van der Waals surface area (Å²) in [7, 11) is 0. The van der Waals surface area contributed by atoms with E-state index >= 15 is 0 Å². The van der Waals surface area contributed by atoms with Gasteiger partial charge in [0.2, 0.25) is 5.91 Å². The van der Waals surface area contributed by atoms with Crippen LogP contribution in [0.25, 0.3) is 0 Å². The van der Waals surface area contributed by atoms with Crippen LogP contribution >= 0.6 is 11.6 Å². The van der Waals surface area contributed by atoms with Gasteiger partial charge in [-0.2, -0.15) is 0 Å². The van der Waals surface area contributed by atoms with Gasteiger partial charge in [-0.3, -0.25) is 14.5 Å². The Balaban J connectivity index is 1.56. The van der Waals surface area contributed by atoms with Crippen LogP contribution in [0.1, 0.15) is 56.6 Å². The molecule has 0 bridgehead atoms. The number of esters is 1. The predicted molar refractivity (Wildman–Crippen MR) is 102 cm³/mol. The van der Waals surface area contributed by atoms with Crippen molar-refractivity contribution in [3.8, 4) is 0 Å². The van der Waals surface area contributed by atoms with Crippen LogP contribution in [0.3, 0.4) is 0 Å². The molecular weight excluding hydrogens is 403 g/mol. The van der Waals surface area contributed by atoms with Crippen LogP contribution in [0.2, 0.25) is 5.02 Å². The van der Waals surface area contributed by atoms with Crippen molar-refractivity contribution < 1.29 is 28.6 Å². The van der Waals surface area contributed by atoms with Crippen molar-refractivity contribution >= 4 is 35.3 Å². The van der Waals surface area contributed by atoms with Gasteiger partial charge in [0.25, 0.3) is 0 Å². The second kappa shape index (κ2) is 7.82. The van der Waals surface area contributed by atoms with Gasteiger partial charge in [0, 0.05) is 30.0 Å². The van der Waals surface area contributed by atoms with Crippen LogP contribution in [0, 0.1) is 11.7 Å². The first-order valence-corrected chi connectivity index (χ1v) is 10.2. The van der Waals surface area contributed by atoms with Crippen molar-refractivity contribution in [1.82, 2.24) is 5.32 Å². The highest BCUT2D eigenvalue weighted by Crippen LogP contribution is 2.50. The molecule has 0 radical (unpaired) electrons. The molecule has 156 valence electrons. The predicted octanol–water partition coefficient (Wildman–Crippen LogP) is 3.79. The molecule has 9 heteroatoms. The van der Waals surface area contributed by atoms with Crippen LogP contribution in [0.15, 0.2) is 12.1 Å². The molecule has 1 aliphatic heterocycles. The summed E-state index contributed by atoms with van der Waals surface area (Å²) in [4.78, 5) is 37.4. The highest BCUT2D eigenvalue weighted by molar-refractivity contribution is 6.31. The lowest BCUT2D eigenvalue weighted by Crippen LogP contribution is -2.48. The maximum absolute atomic E-state index is 14.2. The first kappa shape index (κ1) is 19.9. The Labute approximate surface area is 172 Å². The Hall–Kier alpha value is -2.35. The number of rotatable bonds is 5. The number of fused-ring (bicyclic) bond motifs is 2. The fraction of sp³-hybridized carbons (Fsp3) is 0.550. The number of carbonyl (C=O) groups excluding carboxylic acids is 2. The van der Waals surface area contributed by atoms with Gasteiger partial charge in [-0.25, -0.2) is 9.18 Å². The smallest absolute Gasteiger partial charge is 0.412 e. The number of amides is 2. The van der Waals surface area contributed by atoms with Gasteiger partial charge in [0.05, 0.1) is 17.1 Å². The van der Waals surface area contributed by atoms with E-state index in [-0.39, 0.29) is 47.5 Å². The molecule has 3 aliphatic rings. The van der Waals surface area contributed by atoms with E-state index in [4.69, 9.17) is 16.3 Å². The highest BCUT2D eigenvalue weighted by atomic mass is 35.5. The van der Waals surface area contributed by atoms with Crippen molar-refractivity contribution in [2.75, 3.05) is 4.90 Å². The number of nitrogens with one attached hydrogen (secondary N) is 1. The lowest BCUT2D eigenvalue weighted by Gasteiger charge is -2.41. The molecule has 1 unspecified atom stereocenters. The minimum absolute atomic E-state index is 0.0270. The number of hydrogen-bond acceptors (Lipinski definition) is 4. The summed E-state index contributed by atoms with van der Waals surface area (Å²) in [5.41, 5.74) is 0.546. The Morgan fingerprint density at radius 3 is 2.66 bits per heavy atom. The number of carboxylic acid groups (broad SMARTS) is 1. The van der Waals surface area contributed by atoms with E-state index in [1.165, 1.54) is 11.0 Å². The zero-order chi connectivity index (χ0) is 20.7. The minimum atomic E-state index is -1.15. The molecule has 1 heterocycles. The second-order valence-electron chi connectivity index (χ2n) is 7.89. The minimum Gasteiger partial charge on any atom is -0.465 e. The lowest BCUT2D eigenvalue weighted by atomic mass is 9.84. The first-order valence-electron chi connectivity index (χ1n) is 9.85. The molecule has 1 aromatic carbocycles. The molecule has 2 saturated carbocycles. The molecule has 2 fully saturated rings.